The Morgan fingerprint density at radius 2 is 1.95 bits per heavy atom. The molecule has 0 bridgehead atoms. The van der Waals surface area contributed by atoms with Crippen LogP contribution < -0.4 is 5.73 Å². The smallest absolute Gasteiger partial charge is 0.227 e. The summed E-state index contributed by atoms with van der Waals surface area (Å²) in [5.41, 5.74) is 6.56. The van der Waals surface area contributed by atoms with Crippen LogP contribution in [0.25, 0.3) is 0 Å². The van der Waals surface area contributed by atoms with Crippen LogP contribution in [0.5, 0.6) is 0 Å². The molecule has 0 aromatic heterocycles. The highest BCUT2D eigenvalue weighted by atomic mass is 16.4. The maximum atomic E-state index is 12.5. The molecule has 0 saturated heterocycles. The first-order valence-electron chi connectivity index (χ1n) is 7.00. The standard InChI is InChI=1S/C15H21N3O2/c16-14(17-20)11-18(13-8-4-5-9-13)15(19)10-12-6-2-1-3-7-12/h1-3,6-7,13,20H,4-5,8-11H2,(H2,16,17). The van der Waals surface area contributed by atoms with Gasteiger partial charge in [0, 0.05) is 6.04 Å². The van der Waals surface area contributed by atoms with Crippen molar-refractivity contribution in [2.24, 2.45) is 10.9 Å². The van der Waals surface area contributed by atoms with Gasteiger partial charge in [-0.3, -0.25) is 4.79 Å². The maximum Gasteiger partial charge on any atom is 0.227 e. The average Bonchev–Trinajstić information content (AvgIpc) is 2.99. The van der Waals surface area contributed by atoms with Crippen molar-refractivity contribution in [3.63, 3.8) is 0 Å². The minimum atomic E-state index is 0.0368. The number of hydrogen-bond acceptors (Lipinski definition) is 3. The van der Waals surface area contributed by atoms with E-state index in [1.54, 1.807) is 4.90 Å². The van der Waals surface area contributed by atoms with E-state index in [0.717, 1.165) is 31.2 Å². The number of amidine groups is 1. The molecule has 5 heteroatoms. The Morgan fingerprint density at radius 1 is 1.30 bits per heavy atom. The van der Waals surface area contributed by atoms with E-state index in [4.69, 9.17) is 10.9 Å². The molecule has 0 atom stereocenters. The van der Waals surface area contributed by atoms with Gasteiger partial charge in [0.1, 0.15) is 0 Å². The van der Waals surface area contributed by atoms with Gasteiger partial charge in [-0.15, -0.1) is 0 Å². The van der Waals surface area contributed by atoms with Gasteiger partial charge in [0.25, 0.3) is 0 Å². The zero-order chi connectivity index (χ0) is 14.4. The van der Waals surface area contributed by atoms with E-state index in [2.05, 4.69) is 5.16 Å². The van der Waals surface area contributed by atoms with E-state index in [9.17, 15) is 4.79 Å². The monoisotopic (exact) mass is 275 g/mol. The Bertz CT molecular complexity index is 467. The highest BCUT2D eigenvalue weighted by molar-refractivity contribution is 5.87. The van der Waals surface area contributed by atoms with Gasteiger partial charge in [0.2, 0.25) is 5.91 Å². The van der Waals surface area contributed by atoms with Crippen molar-refractivity contribution in [2.75, 3.05) is 6.54 Å². The molecule has 0 aliphatic heterocycles. The topological polar surface area (TPSA) is 78.9 Å². The fraction of sp³-hybridized carbons (Fsp3) is 0.467. The Morgan fingerprint density at radius 3 is 2.55 bits per heavy atom. The van der Waals surface area contributed by atoms with Gasteiger partial charge < -0.3 is 15.8 Å². The molecule has 1 aromatic carbocycles. The molecule has 0 spiro atoms. The van der Waals surface area contributed by atoms with E-state index >= 15 is 0 Å². The quantitative estimate of drug-likeness (QED) is 0.372. The number of nitrogens with zero attached hydrogens (tertiary/aromatic N) is 2. The molecule has 1 aliphatic carbocycles. The van der Waals surface area contributed by atoms with Crippen molar-refractivity contribution in [3.05, 3.63) is 35.9 Å². The van der Waals surface area contributed by atoms with Crippen molar-refractivity contribution in [1.82, 2.24) is 4.90 Å². The van der Waals surface area contributed by atoms with Crippen molar-refractivity contribution in [3.8, 4) is 0 Å². The lowest BCUT2D eigenvalue weighted by molar-refractivity contribution is -0.131. The summed E-state index contributed by atoms with van der Waals surface area (Å²) in [6, 6.07) is 9.87. The molecule has 0 radical (unpaired) electrons. The predicted octanol–water partition coefficient (Wildman–Crippen LogP) is 1.75. The summed E-state index contributed by atoms with van der Waals surface area (Å²) in [5, 5.41) is 11.7. The second kappa shape index (κ2) is 6.93. The van der Waals surface area contributed by atoms with Crippen molar-refractivity contribution >= 4 is 11.7 Å². The molecule has 108 valence electrons. The SMILES string of the molecule is NC(CN(C(=O)Cc1ccccc1)C1CCCC1)=NO. The Kier molecular flexibility index (Phi) is 4.98. The number of benzene rings is 1. The third-order valence-electron chi connectivity index (χ3n) is 3.74. The molecule has 1 amide bonds. The first-order chi connectivity index (χ1) is 9.70. The highest BCUT2D eigenvalue weighted by Crippen LogP contribution is 2.24. The Balaban J connectivity index is 2.06. The molecule has 1 aliphatic rings. The zero-order valence-electron chi connectivity index (χ0n) is 11.5. The van der Waals surface area contributed by atoms with E-state index < -0.39 is 0 Å². The van der Waals surface area contributed by atoms with Crippen LogP contribution in [-0.4, -0.2) is 34.4 Å². The van der Waals surface area contributed by atoms with Crippen LogP contribution in [0.4, 0.5) is 0 Å². The minimum Gasteiger partial charge on any atom is -0.409 e. The van der Waals surface area contributed by atoms with Crippen LogP contribution in [-0.2, 0) is 11.2 Å². The van der Waals surface area contributed by atoms with Crippen molar-refractivity contribution in [2.45, 2.75) is 38.1 Å². The first-order valence-corrected chi connectivity index (χ1v) is 7.00. The van der Waals surface area contributed by atoms with Crippen LogP contribution >= 0.6 is 0 Å². The molecule has 0 heterocycles. The summed E-state index contributed by atoms with van der Waals surface area (Å²) in [4.78, 5) is 14.2. The summed E-state index contributed by atoms with van der Waals surface area (Å²) < 4.78 is 0. The van der Waals surface area contributed by atoms with E-state index in [1.165, 1.54) is 0 Å². The van der Waals surface area contributed by atoms with E-state index in [-0.39, 0.29) is 24.3 Å². The van der Waals surface area contributed by atoms with E-state index in [0.29, 0.717) is 6.42 Å². The lowest BCUT2D eigenvalue weighted by Gasteiger charge is -2.28. The maximum absolute atomic E-state index is 12.5. The number of hydrogen-bond donors (Lipinski definition) is 2. The second-order valence-corrected chi connectivity index (χ2v) is 5.21. The van der Waals surface area contributed by atoms with Crippen LogP contribution in [0.3, 0.4) is 0 Å². The second-order valence-electron chi connectivity index (χ2n) is 5.21. The molecule has 1 fully saturated rings. The first kappa shape index (κ1) is 14.4. The lowest BCUT2D eigenvalue weighted by Crippen LogP contribution is -2.44. The average molecular weight is 275 g/mol. The van der Waals surface area contributed by atoms with Gasteiger partial charge in [-0.2, -0.15) is 0 Å². The van der Waals surface area contributed by atoms with Gasteiger partial charge >= 0.3 is 0 Å². The Labute approximate surface area is 119 Å². The molecule has 3 N–H and O–H groups in total. The number of nitrogens with two attached hydrogens (primary N) is 1. The van der Waals surface area contributed by atoms with Crippen LogP contribution in [0.2, 0.25) is 0 Å². The molecule has 2 rings (SSSR count). The fourth-order valence-electron chi connectivity index (χ4n) is 2.72. The molecular weight excluding hydrogens is 254 g/mol. The number of amides is 1. The summed E-state index contributed by atoms with van der Waals surface area (Å²) in [7, 11) is 0. The minimum absolute atomic E-state index is 0.0368. The summed E-state index contributed by atoms with van der Waals surface area (Å²) >= 11 is 0. The molecular formula is C15H21N3O2. The van der Waals surface area contributed by atoms with Gasteiger partial charge in [-0.25, -0.2) is 0 Å². The van der Waals surface area contributed by atoms with E-state index in [1.807, 2.05) is 30.3 Å². The number of carbonyl (C=O) groups is 1. The summed E-state index contributed by atoms with van der Waals surface area (Å²) in [6.45, 7) is 0.201. The Hall–Kier alpha value is -2.04. The summed E-state index contributed by atoms with van der Waals surface area (Å²) in [5.74, 6) is 0.119. The largest absolute Gasteiger partial charge is 0.409 e. The predicted molar refractivity (Wildman–Crippen MR) is 77.5 cm³/mol. The normalized spacial score (nSPS) is 16.3. The third kappa shape index (κ3) is 3.73. The molecule has 1 aromatic rings. The lowest BCUT2D eigenvalue weighted by atomic mass is 10.1. The van der Waals surface area contributed by atoms with Gasteiger partial charge in [0.15, 0.2) is 5.84 Å². The van der Waals surface area contributed by atoms with Gasteiger partial charge in [-0.1, -0.05) is 48.3 Å². The van der Waals surface area contributed by atoms with Crippen LogP contribution in [0.15, 0.2) is 35.5 Å². The molecule has 20 heavy (non-hydrogen) atoms. The fourth-order valence-corrected chi connectivity index (χ4v) is 2.72. The van der Waals surface area contributed by atoms with Gasteiger partial charge in [0.05, 0.1) is 13.0 Å². The summed E-state index contributed by atoms with van der Waals surface area (Å²) in [6.07, 6.45) is 4.63. The van der Waals surface area contributed by atoms with Gasteiger partial charge in [-0.05, 0) is 18.4 Å². The molecule has 5 nitrogen and oxygen atoms in total. The molecule has 0 unspecified atom stereocenters. The molecule has 1 saturated carbocycles. The number of oxime groups is 1. The third-order valence-corrected chi connectivity index (χ3v) is 3.74. The highest BCUT2D eigenvalue weighted by Gasteiger charge is 2.27. The van der Waals surface area contributed by atoms with Crippen molar-refractivity contribution in [1.29, 1.82) is 0 Å². The van der Waals surface area contributed by atoms with Crippen molar-refractivity contribution < 1.29 is 10.0 Å². The number of rotatable bonds is 5. The van der Waals surface area contributed by atoms with Crippen LogP contribution in [0, 0.1) is 0 Å². The van der Waals surface area contributed by atoms with Crippen LogP contribution in [0.1, 0.15) is 31.2 Å². The zero-order valence-corrected chi connectivity index (χ0v) is 11.5. The number of carbonyl (C=O) groups excluding carboxylic acids is 1.